The molecule has 8 heteroatoms. The van der Waals surface area contributed by atoms with Gasteiger partial charge in [0.15, 0.2) is 6.61 Å². The van der Waals surface area contributed by atoms with E-state index in [4.69, 9.17) is 16.3 Å². The SMILES string of the molecule is Cc1nn(Cc2ccccc2)c2sc(C(=O)OCC(=O)NCc3ccccc3Cl)cc12. The van der Waals surface area contributed by atoms with E-state index in [0.717, 1.165) is 27.0 Å². The summed E-state index contributed by atoms with van der Waals surface area (Å²) in [4.78, 5) is 25.9. The molecule has 0 aliphatic rings. The second-order valence-corrected chi connectivity index (χ2v) is 8.44. The topological polar surface area (TPSA) is 73.2 Å². The van der Waals surface area contributed by atoms with Gasteiger partial charge in [0, 0.05) is 17.0 Å². The van der Waals surface area contributed by atoms with E-state index in [1.54, 1.807) is 12.1 Å². The molecule has 31 heavy (non-hydrogen) atoms. The molecule has 0 unspecified atom stereocenters. The molecule has 1 amide bonds. The van der Waals surface area contributed by atoms with Crippen molar-refractivity contribution in [1.29, 1.82) is 0 Å². The molecular weight excluding hydrogens is 434 g/mol. The van der Waals surface area contributed by atoms with Crippen molar-refractivity contribution in [2.75, 3.05) is 6.61 Å². The maximum Gasteiger partial charge on any atom is 0.348 e. The van der Waals surface area contributed by atoms with Crippen LogP contribution >= 0.6 is 22.9 Å². The van der Waals surface area contributed by atoms with Crippen molar-refractivity contribution >= 4 is 45.0 Å². The van der Waals surface area contributed by atoms with Gasteiger partial charge in [0.2, 0.25) is 0 Å². The molecule has 4 aromatic rings. The number of esters is 1. The van der Waals surface area contributed by atoms with E-state index < -0.39 is 5.97 Å². The number of carbonyl (C=O) groups excluding carboxylic acids is 2. The Hall–Kier alpha value is -3.16. The third kappa shape index (κ3) is 4.95. The number of rotatable bonds is 7. The zero-order chi connectivity index (χ0) is 21.8. The van der Waals surface area contributed by atoms with Crippen LogP contribution in [0.2, 0.25) is 5.02 Å². The van der Waals surface area contributed by atoms with Crippen molar-refractivity contribution in [3.63, 3.8) is 0 Å². The minimum Gasteiger partial charge on any atom is -0.451 e. The van der Waals surface area contributed by atoms with Gasteiger partial charge >= 0.3 is 5.97 Å². The smallest absolute Gasteiger partial charge is 0.348 e. The van der Waals surface area contributed by atoms with Gasteiger partial charge in [0.05, 0.1) is 12.2 Å². The van der Waals surface area contributed by atoms with Gasteiger partial charge in [-0.1, -0.05) is 60.1 Å². The third-order valence-electron chi connectivity index (χ3n) is 4.75. The Bertz CT molecular complexity index is 1230. The quantitative estimate of drug-likeness (QED) is 0.416. The third-order valence-corrected chi connectivity index (χ3v) is 6.25. The summed E-state index contributed by atoms with van der Waals surface area (Å²) in [6, 6.07) is 19.0. The van der Waals surface area contributed by atoms with Gasteiger partial charge in [-0.2, -0.15) is 5.10 Å². The molecule has 0 spiro atoms. The highest BCUT2D eigenvalue weighted by Gasteiger charge is 2.18. The highest BCUT2D eigenvalue weighted by Crippen LogP contribution is 2.29. The van der Waals surface area contributed by atoms with Crippen LogP contribution in [0.15, 0.2) is 60.7 Å². The van der Waals surface area contributed by atoms with Crippen LogP contribution in [0.25, 0.3) is 10.2 Å². The van der Waals surface area contributed by atoms with Crippen LogP contribution < -0.4 is 5.32 Å². The molecule has 0 radical (unpaired) electrons. The summed E-state index contributed by atoms with van der Waals surface area (Å²) in [6.45, 7) is 2.44. The van der Waals surface area contributed by atoms with Crippen LogP contribution in [0, 0.1) is 6.92 Å². The summed E-state index contributed by atoms with van der Waals surface area (Å²) in [5, 5.41) is 8.77. The zero-order valence-electron chi connectivity index (χ0n) is 16.8. The first-order valence-electron chi connectivity index (χ1n) is 9.69. The van der Waals surface area contributed by atoms with E-state index in [2.05, 4.69) is 10.4 Å². The highest BCUT2D eigenvalue weighted by molar-refractivity contribution is 7.20. The molecule has 0 saturated carbocycles. The monoisotopic (exact) mass is 453 g/mol. The van der Waals surface area contributed by atoms with E-state index in [9.17, 15) is 9.59 Å². The number of aryl methyl sites for hydroxylation is 1. The standard InChI is InChI=1S/C23H20ClN3O3S/c1-15-18-11-20(31-22(18)27(26-15)13-16-7-3-2-4-8-16)23(29)30-14-21(28)25-12-17-9-5-6-10-19(17)24/h2-11H,12-14H2,1H3,(H,25,28). The molecule has 158 valence electrons. The fourth-order valence-electron chi connectivity index (χ4n) is 3.17. The Balaban J connectivity index is 1.38. The van der Waals surface area contributed by atoms with Gasteiger partial charge in [0.1, 0.15) is 9.71 Å². The Morgan fingerprint density at radius 3 is 2.65 bits per heavy atom. The molecule has 2 aromatic heterocycles. The number of nitrogens with zero attached hydrogens (tertiary/aromatic N) is 2. The molecular formula is C23H20ClN3O3S. The fourth-order valence-corrected chi connectivity index (χ4v) is 4.42. The maximum atomic E-state index is 12.5. The van der Waals surface area contributed by atoms with Crippen LogP contribution in [-0.2, 0) is 22.6 Å². The Kier molecular flexibility index (Phi) is 6.34. The number of hydrogen-bond acceptors (Lipinski definition) is 5. The summed E-state index contributed by atoms with van der Waals surface area (Å²) < 4.78 is 7.09. The summed E-state index contributed by atoms with van der Waals surface area (Å²) in [5.41, 5.74) is 2.77. The molecule has 1 N–H and O–H groups in total. The molecule has 2 heterocycles. The molecule has 0 atom stereocenters. The second-order valence-electron chi connectivity index (χ2n) is 7.00. The van der Waals surface area contributed by atoms with Gasteiger partial charge in [-0.05, 0) is 30.2 Å². The lowest BCUT2D eigenvalue weighted by atomic mass is 10.2. The summed E-state index contributed by atoms with van der Waals surface area (Å²) in [5.74, 6) is -0.916. The second kappa shape index (κ2) is 9.32. The Morgan fingerprint density at radius 1 is 1.13 bits per heavy atom. The normalized spacial score (nSPS) is 10.9. The van der Waals surface area contributed by atoms with E-state index in [-0.39, 0.29) is 19.1 Å². The molecule has 2 aromatic carbocycles. The molecule has 0 bridgehead atoms. The van der Waals surface area contributed by atoms with E-state index in [0.29, 0.717) is 16.4 Å². The predicted molar refractivity (Wildman–Crippen MR) is 121 cm³/mol. The lowest BCUT2D eigenvalue weighted by molar-refractivity contribution is -0.124. The number of halogens is 1. The van der Waals surface area contributed by atoms with E-state index >= 15 is 0 Å². The van der Waals surface area contributed by atoms with E-state index in [1.807, 2.05) is 60.1 Å². The minimum absolute atomic E-state index is 0.271. The number of carbonyl (C=O) groups is 2. The first-order valence-corrected chi connectivity index (χ1v) is 10.9. The number of hydrogen-bond donors (Lipinski definition) is 1. The van der Waals surface area contributed by atoms with Gasteiger partial charge in [0.25, 0.3) is 5.91 Å². The molecule has 0 aliphatic heterocycles. The molecule has 0 saturated heterocycles. The van der Waals surface area contributed by atoms with Crippen LogP contribution in [0.3, 0.4) is 0 Å². The number of fused-ring (bicyclic) bond motifs is 1. The van der Waals surface area contributed by atoms with Crippen molar-refractivity contribution < 1.29 is 14.3 Å². The summed E-state index contributed by atoms with van der Waals surface area (Å²) >= 11 is 7.39. The van der Waals surface area contributed by atoms with Crippen LogP contribution in [-0.4, -0.2) is 28.3 Å². The molecule has 4 rings (SSSR count). The molecule has 6 nitrogen and oxygen atoms in total. The van der Waals surface area contributed by atoms with Crippen molar-refractivity contribution in [2.45, 2.75) is 20.0 Å². The first-order chi connectivity index (χ1) is 15.0. The van der Waals surface area contributed by atoms with Gasteiger partial charge < -0.3 is 10.1 Å². The zero-order valence-corrected chi connectivity index (χ0v) is 18.4. The largest absolute Gasteiger partial charge is 0.451 e. The van der Waals surface area contributed by atoms with Gasteiger partial charge in [-0.15, -0.1) is 11.3 Å². The number of ether oxygens (including phenoxy) is 1. The Morgan fingerprint density at radius 2 is 1.87 bits per heavy atom. The van der Waals surface area contributed by atoms with Crippen LogP contribution in [0.4, 0.5) is 0 Å². The number of aromatic nitrogens is 2. The summed E-state index contributed by atoms with van der Waals surface area (Å²) in [6.07, 6.45) is 0. The molecule has 0 fully saturated rings. The number of benzene rings is 2. The number of thiophene rings is 1. The average Bonchev–Trinajstić information content (AvgIpc) is 3.33. The number of nitrogens with one attached hydrogen (secondary N) is 1. The highest BCUT2D eigenvalue weighted by atomic mass is 35.5. The lowest BCUT2D eigenvalue weighted by Crippen LogP contribution is -2.28. The van der Waals surface area contributed by atoms with Crippen LogP contribution in [0.1, 0.15) is 26.5 Å². The van der Waals surface area contributed by atoms with Crippen molar-refractivity contribution in [3.8, 4) is 0 Å². The van der Waals surface area contributed by atoms with Gasteiger partial charge in [-0.25, -0.2) is 4.79 Å². The lowest BCUT2D eigenvalue weighted by Gasteiger charge is -2.07. The summed E-state index contributed by atoms with van der Waals surface area (Å²) in [7, 11) is 0. The average molecular weight is 454 g/mol. The maximum absolute atomic E-state index is 12.5. The number of amides is 1. The van der Waals surface area contributed by atoms with Crippen molar-refractivity contribution in [3.05, 3.63) is 87.4 Å². The Labute approximate surface area is 188 Å². The predicted octanol–water partition coefficient (Wildman–Crippen LogP) is 4.58. The van der Waals surface area contributed by atoms with Crippen LogP contribution in [0.5, 0.6) is 0 Å². The molecule has 0 aliphatic carbocycles. The van der Waals surface area contributed by atoms with Crippen molar-refractivity contribution in [2.24, 2.45) is 0 Å². The minimum atomic E-state index is -0.528. The first kappa shape index (κ1) is 21.1. The van der Waals surface area contributed by atoms with Crippen molar-refractivity contribution in [1.82, 2.24) is 15.1 Å². The fraction of sp³-hybridized carbons (Fsp3) is 0.174. The van der Waals surface area contributed by atoms with Gasteiger partial charge in [-0.3, -0.25) is 9.48 Å². The van der Waals surface area contributed by atoms with E-state index in [1.165, 1.54) is 11.3 Å².